The van der Waals surface area contributed by atoms with E-state index in [1.807, 2.05) is 0 Å². The lowest BCUT2D eigenvalue weighted by molar-refractivity contribution is 0.0692. The number of hydrogen-bond acceptors (Lipinski definition) is 6. The monoisotopic (exact) mass is 290 g/mol. The Bertz CT molecular complexity index is 645. The third-order valence-electron chi connectivity index (χ3n) is 2.80. The Morgan fingerprint density at radius 1 is 1.33 bits per heavy atom. The molecule has 0 atom stereocenters. The second-order valence-corrected chi connectivity index (χ2v) is 4.12. The van der Waals surface area contributed by atoms with Gasteiger partial charge in [-0.2, -0.15) is 0 Å². The van der Waals surface area contributed by atoms with E-state index in [0.717, 1.165) is 0 Å². The van der Waals surface area contributed by atoms with Crippen molar-refractivity contribution in [1.82, 2.24) is 9.97 Å². The van der Waals surface area contributed by atoms with Crippen LogP contribution in [-0.4, -0.2) is 33.3 Å². The molecular formula is C14H14N2O5. The summed E-state index contributed by atoms with van der Waals surface area (Å²) in [5.41, 5.74) is 0.946. The zero-order valence-corrected chi connectivity index (χ0v) is 11.3. The van der Waals surface area contributed by atoms with E-state index in [2.05, 4.69) is 9.97 Å². The predicted octanol–water partition coefficient (Wildman–Crippen LogP) is 1.25. The Morgan fingerprint density at radius 2 is 2.14 bits per heavy atom. The van der Waals surface area contributed by atoms with Crippen molar-refractivity contribution in [2.45, 2.75) is 13.2 Å². The Balaban J connectivity index is 2.19. The SMILES string of the molecule is COc1cc(CO)ccc1OCc1ncncc1C(=O)O. The number of aliphatic hydroxyl groups excluding tert-OH is 1. The van der Waals surface area contributed by atoms with Gasteiger partial charge in [0.1, 0.15) is 18.5 Å². The maximum atomic E-state index is 11.1. The fourth-order valence-electron chi connectivity index (χ4n) is 1.72. The quantitative estimate of drug-likeness (QED) is 0.825. The molecule has 7 nitrogen and oxygen atoms in total. The van der Waals surface area contributed by atoms with Crippen LogP contribution < -0.4 is 9.47 Å². The van der Waals surface area contributed by atoms with Gasteiger partial charge in [0.05, 0.1) is 19.4 Å². The van der Waals surface area contributed by atoms with Crippen molar-refractivity contribution in [3.05, 3.63) is 47.5 Å². The molecular weight excluding hydrogens is 276 g/mol. The van der Waals surface area contributed by atoms with E-state index in [1.165, 1.54) is 19.6 Å². The van der Waals surface area contributed by atoms with Gasteiger partial charge in [0.2, 0.25) is 0 Å². The molecule has 0 aliphatic rings. The number of rotatable bonds is 6. The van der Waals surface area contributed by atoms with Gasteiger partial charge >= 0.3 is 5.97 Å². The lowest BCUT2D eigenvalue weighted by atomic mass is 10.2. The number of carboxylic acid groups (broad SMARTS) is 1. The second-order valence-electron chi connectivity index (χ2n) is 4.12. The third-order valence-corrected chi connectivity index (χ3v) is 2.80. The van der Waals surface area contributed by atoms with Crippen LogP contribution in [0.4, 0.5) is 0 Å². The van der Waals surface area contributed by atoms with Crippen LogP contribution in [0.2, 0.25) is 0 Å². The van der Waals surface area contributed by atoms with Gasteiger partial charge in [-0.3, -0.25) is 0 Å². The van der Waals surface area contributed by atoms with Crippen LogP contribution in [0.15, 0.2) is 30.7 Å². The van der Waals surface area contributed by atoms with Gasteiger partial charge in [0.15, 0.2) is 11.5 Å². The molecule has 1 aromatic heterocycles. The summed E-state index contributed by atoms with van der Waals surface area (Å²) in [6.07, 6.45) is 2.48. The van der Waals surface area contributed by atoms with Gasteiger partial charge in [-0.1, -0.05) is 6.07 Å². The van der Waals surface area contributed by atoms with Crippen molar-refractivity contribution in [1.29, 1.82) is 0 Å². The topological polar surface area (TPSA) is 102 Å². The van der Waals surface area contributed by atoms with Crippen LogP contribution >= 0.6 is 0 Å². The Labute approximate surface area is 120 Å². The first-order chi connectivity index (χ1) is 10.2. The first-order valence-electron chi connectivity index (χ1n) is 6.08. The average molecular weight is 290 g/mol. The van der Waals surface area contributed by atoms with Crippen LogP contribution in [0.3, 0.4) is 0 Å². The molecule has 0 fully saturated rings. The number of methoxy groups -OCH3 is 1. The summed E-state index contributed by atoms with van der Waals surface area (Å²) in [6, 6.07) is 4.98. The lowest BCUT2D eigenvalue weighted by Gasteiger charge is -2.12. The van der Waals surface area contributed by atoms with Crippen molar-refractivity contribution in [2.24, 2.45) is 0 Å². The second kappa shape index (κ2) is 6.67. The Hall–Kier alpha value is -2.67. The molecule has 7 heteroatoms. The van der Waals surface area contributed by atoms with Crippen molar-refractivity contribution < 1.29 is 24.5 Å². The van der Waals surface area contributed by atoms with Gasteiger partial charge in [0, 0.05) is 6.20 Å². The number of hydrogen-bond donors (Lipinski definition) is 2. The summed E-state index contributed by atoms with van der Waals surface area (Å²) in [6.45, 7) is -0.134. The lowest BCUT2D eigenvalue weighted by Crippen LogP contribution is -2.09. The Kier molecular flexibility index (Phi) is 4.68. The standard InChI is InChI=1S/C14H14N2O5/c1-20-13-4-9(6-17)2-3-12(13)21-7-11-10(14(18)19)5-15-8-16-11/h2-5,8,17H,6-7H2,1H3,(H,18,19). The molecule has 0 radical (unpaired) electrons. The molecule has 0 saturated heterocycles. The molecule has 21 heavy (non-hydrogen) atoms. The highest BCUT2D eigenvalue weighted by Gasteiger charge is 2.13. The molecule has 0 aliphatic carbocycles. The number of aliphatic hydroxyl groups is 1. The zero-order chi connectivity index (χ0) is 15.2. The molecule has 0 unspecified atom stereocenters. The summed E-state index contributed by atoms with van der Waals surface area (Å²) in [5.74, 6) is -0.228. The van der Waals surface area contributed by atoms with Crippen LogP contribution in [0.5, 0.6) is 11.5 Å². The summed E-state index contributed by atoms with van der Waals surface area (Å²) >= 11 is 0. The fourth-order valence-corrected chi connectivity index (χ4v) is 1.72. The maximum Gasteiger partial charge on any atom is 0.339 e. The molecule has 110 valence electrons. The highest BCUT2D eigenvalue weighted by Crippen LogP contribution is 2.28. The van der Waals surface area contributed by atoms with E-state index >= 15 is 0 Å². The molecule has 2 N–H and O–H groups in total. The minimum atomic E-state index is -1.11. The van der Waals surface area contributed by atoms with Crippen molar-refractivity contribution >= 4 is 5.97 Å². The maximum absolute atomic E-state index is 11.1. The minimum Gasteiger partial charge on any atom is -0.493 e. The average Bonchev–Trinajstić information content (AvgIpc) is 2.52. The van der Waals surface area contributed by atoms with Crippen molar-refractivity contribution in [3.8, 4) is 11.5 Å². The molecule has 0 amide bonds. The van der Waals surface area contributed by atoms with Crippen molar-refractivity contribution in [3.63, 3.8) is 0 Å². The first kappa shape index (κ1) is 14.7. The molecule has 1 aromatic carbocycles. The van der Waals surface area contributed by atoms with Crippen LogP contribution in [0, 0.1) is 0 Å². The molecule has 0 spiro atoms. The number of aromatic carboxylic acids is 1. The molecule has 2 rings (SSSR count). The summed E-state index contributed by atoms with van der Waals surface area (Å²) in [7, 11) is 1.48. The van der Waals surface area contributed by atoms with E-state index in [-0.39, 0.29) is 24.5 Å². The summed E-state index contributed by atoms with van der Waals surface area (Å²) in [4.78, 5) is 18.6. The highest BCUT2D eigenvalue weighted by molar-refractivity contribution is 5.88. The number of nitrogens with zero attached hydrogens (tertiary/aromatic N) is 2. The predicted molar refractivity (Wildman–Crippen MR) is 72.2 cm³/mol. The van der Waals surface area contributed by atoms with E-state index in [9.17, 15) is 4.79 Å². The fraction of sp³-hybridized carbons (Fsp3) is 0.214. The number of carboxylic acids is 1. The smallest absolute Gasteiger partial charge is 0.339 e. The van der Waals surface area contributed by atoms with E-state index < -0.39 is 5.97 Å². The van der Waals surface area contributed by atoms with Crippen LogP contribution in [-0.2, 0) is 13.2 Å². The van der Waals surface area contributed by atoms with Gasteiger partial charge < -0.3 is 19.7 Å². The van der Waals surface area contributed by atoms with Gasteiger partial charge in [0.25, 0.3) is 0 Å². The van der Waals surface area contributed by atoms with E-state index in [1.54, 1.807) is 18.2 Å². The number of benzene rings is 1. The zero-order valence-electron chi connectivity index (χ0n) is 11.3. The molecule has 0 aliphatic heterocycles. The van der Waals surface area contributed by atoms with Crippen LogP contribution in [0.1, 0.15) is 21.6 Å². The summed E-state index contributed by atoms with van der Waals surface area (Å²) < 4.78 is 10.7. The minimum absolute atomic E-state index is 0.0107. The number of ether oxygens (including phenoxy) is 2. The molecule has 0 saturated carbocycles. The Morgan fingerprint density at radius 3 is 2.81 bits per heavy atom. The highest BCUT2D eigenvalue weighted by atomic mass is 16.5. The third kappa shape index (κ3) is 3.46. The molecule has 2 aromatic rings. The van der Waals surface area contributed by atoms with Gasteiger partial charge in [-0.15, -0.1) is 0 Å². The largest absolute Gasteiger partial charge is 0.493 e. The number of aromatic nitrogens is 2. The van der Waals surface area contributed by atoms with E-state index in [0.29, 0.717) is 17.1 Å². The summed E-state index contributed by atoms with van der Waals surface area (Å²) in [5, 5.41) is 18.1. The van der Waals surface area contributed by atoms with Crippen molar-refractivity contribution in [2.75, 3.05) is 7.11 Å². The molecule has 1 heterocycles. The normalized spacial score (nSPS) is 10.2. The molecule has 0 bridgehead atoms. The van der Waals surface area contributed by atoms with Gasteiger partial charge in [-0.25, -0.2) is 14.8 Å². The number of carbonyl (C=O) groups is 1. The van der Waals surface area contributed by atoms with Crippen LogP contribution in [0.25, 0.3) is 0 Å². The first-order valence-corrected chi connectivity index (χ1v) is 6.08. The van der Waals surface area contributed by atoms with E-state index in [4.69, 9.17) is 19.7 Å². The van der Waals surface area contributed by atoms with Gasteiger partial charge in [-0.05, 0) is 17.7 Å².